The maximum absolute atomic E-state index is 11.5. The maximum Gasteiger partial charge on any atom is 0.325 e. The Morgan fingerprint density at radius 1 is 1.60 bits per heavy atom. The SMILES string of the molecule is NC1CC(=O)NC(=O)N1Cc1cccs1. The van der Waals surface area contributed by atoms with E-state index >= 15 is 0 Å². The van der Waals surface area contributed by atoms with E-state index < -0.39 is 12.2 Å². The van der Waals surface area contributed by atoms with E-state index in [1.807, 2.05) is 17.5 Å². The number of carbonyl (C=O) groups is 2. The zero-order valence-electron chi connectivity index (χ0n) is 7.97. The molecule has 1 atom stereocenters. The van der Waals surface area contributed by atoms with E-state index in [1.54, 1.807) is 11.3 Å². The lowest BCUT2D eigenvalue weighted by Crippen LogP contribution is -2.57. The standard InChI is InChI=1S/C9H11N3O2S/c10-7-4-8(13)11-9(14)12(7)5-6-2-1-3-15-6/h1-3,7H,4-5,10H2,(H,11,13,14). The Kier molecular flexibility index (Phi) is 2.70. The molecule has 1 saturated heterocycles. The van der Waals surface area contributed by atoms with Crippen LogP contribution in [-0.4, -0.2) is 23.0 Å². The fourth-order valence-corrected chi connectivity index (χ4v) is 2.16. The van der Waals surface area contributed by atoms with Gasteiger partial charge in [0, 0.05) is 4.88 Å². The second-order valence-electron chi connectivity index (χ2n) is 3.33. The van der Waals surface area contributed by atoms with Gasteiger partial charge in [-0.3, -0.25) is 10.1 Å². The molecular weight excluding hydrogens is 214 g/mol. The van der Waals surface area contributed by atoms with E-state index in [0.717, 1.165) is 4.88 Å². The molecule has 6 heteroatoms. The van der Waals surface area contributed by atoms with E-state index in [0.29, 0.717) is 6.54 Å². The van der Waals surface area contributed by atoms with Crippen molar-refractivity contribution in [3.8, 4) is 0 Å². The van der Waals surface area contributed by atoms with Gasteiger partial charge in [0.2, 0.25) is 5.91 Å². The molecule has 3 N–H and O–H groups in total. The van der Waals surface area contributed by atoms with E-state index in [-0.39, 0.29) is 12.3 Å². The molecule has 0 aliphatic carbocycles. The molecule has 5 nitrogen and oxygen atoms in total. The highest BCUT2D eigenvalue weighted by molar-refractivity contribution is 7.09. The highest BCUT2D eigenvalue weighted by Gasteiger charge is 2.29. The second-order valence-corrected chi connectivity index (χ2v) is 4.36. The average Bonchev–Trinajstić information content (AvgIpc) is 2.63. The Bertz CT molecular complexity index is 377. The fraction of sp³-hybridized carbons (Fsp3) is 0.333. The molecule has 1 aromatic heterocycles. The minimum atomic E-state index is -0.520. The highest BCUT2D eigenvalue weighted by atomic mass is 32.1. The zero-order chi connectivity index (χ0) is 10.8. The lowest BCUT2D eigenvalue weighted by atomic mass is 10.2. The maximum atomic E-state index is 11.5. The van der Waals surface area contributed by atoms with Gasteiger partial charge in [0.15, 0.2) is 0 Å². The van der Waals surface area contributed by atoms with Crippen LogP contribution in [0.4, 0.5) is 4.79 Å². The van der Waals surface area contributed by atoms with Crippen molar-refractivity contribution >= 4 is 23.3 Å². The van der Waals surface area contributed by atoms with Crippen molar-refractivity contribution in [3.05, 3.63) is 22.4 Å². The van der Waals surface area contributed by atoms with Gasteiger partial charge in [-0.15, -0.1) is 11.3 Å². The van der Waals surface area contributed by atoms with Crippen molar-refractivity contribution in [2.75, 3.05) is 0 Å². The average molecular weight is 225 g/mol. The van der Waals surface area contributed by atoms with Crippen LogP contribution in [0.3, 0.4) is 0 Å². The first kappa shape index (κ1) is 10.1. The predicted octanol–water partition coefficient (Wildman–Crippen LogP) is 0.475. The fourth-order valence-electron chi connectivity index (χ4n) is 1.45. The van der Waals surface area contributed by atoms with Crippen LogP contribution >= 0.6 is 11.3 Å². The molecule has 0 spiro atoms. The summed E-state index contributed by atoms with van der Waals surface area (Å²) in [4.78, 5) is 25.0. The third-order valence-electron chi connectivity index (χ3n) is 2.21. The zero-order valence-corrected chi connectivity index (χ0v) is 8.79. The molecule has 2 heterocycles. The van der Waals surface area contributed by atoms with Gasteiger partial charge in [-0.05, 0) is 11.4 Å². The minimum absolute atomic E-state index is 0.164. The lowest BCUT2D eigenvalue weighted by molar-refractivity contribution is -0.122. The lowest BCUT2D eigenvalue weighted by Gasteiger charge is -2.31. The van der Waals surface area contributed by atoms with E-state index in [2.05, 4.69) is 5.32 Å². The Morgan fingerprint density at radius 3 is 3.00 bits per heavy atom. The third kappa shape index (κ3) is 2.16. The summed E-state index contributed by atoms with van der Waals surface area (Å²) in [7, 11) is 0. The molecule has 15 heavy (non-hydrogen) atoms. The number of nitrogens with one attached hydrogen (secondary N) is 1. The molecule has 0 aromatic carbocycles. The van der Waals surface area contributed by atoms with Gasteiger partial charge in [0.05, 0.1) is 19.1 Å². The number of nitrogens with zero attached hydrogens (tertiary/aromatic N) is 1. The van der Waals surface area contributed by atoms with Crippen molar-refractivity contribution in [3.63, 3.8) is 0 Å². The van der Waals surface area contributed by atoms with Crippen LogP contribution in [0.5, 0.6) is 0 Å². The third-order valence-corrected chi connectivity index (χ3v) is 3.07. The van der Waals surface area contributed by atoms with Crippen LogP contribution in [0.1, 0.15) is 11.3 Å². The molecule has 0 radical (unpaired) electrons. The van der Waals surface area contributed by atoms with E-state index in [9.17, 15) is 9.59 Å². The molecule has 1 aliphatic heterocycles. The first-order chi connectivity index (χ1) is 7.16. The van der Waals surface area contributed by atoms with Gasteiger partial charge in [-0.25, -0.2) is 4.79 Å². The molecule has 2 rings (SSSR count). The second kappa shape index (κ2) is 4.00. The number of carbonyl (C=O) groups excluding carboxylic acids is 2. The normalized spacial score (nSPS) is 21.7. The molecular formula is C9H11N3O2S. The van der Waals surface area contributed by atoms with Gasteiger partial charge in [0.25, 0.3) is 0 Å². The summed E-state index contributed by atoms with van der Waals surface area (Å²) >= 11 is 1.56. The van der Waals surface area contributed by atoms with Crippen LogP contribution in [0.2, 0.25) is 0 Å². The van der Waals surface area contributed by atoms with Crippen LogP contribution in [-0.2, 0) is 11.3 Å². The Hall–Kier alpha value is -1.40. The number of urea groups is 1. The van der Waals surface area contributed by atoms with Crippen molar-refractivity contribution < 1.29 is 9.59 Å². The molecule has 1 unspecified atom stereocenters. The molecule has 0 bridgehead atoms. The first-order valence-corrected chi connectivity index (χ1v) is 5.43. The van der Waals surface area contributed by atoms with Crippen LogP contribution in [0.15, 0.2) is 17.5 Å². The molecule has 1 aliphatic rings. The Balaban J connectivity index is 2.08. The smallest absolute Gasteiger partial charge is 0.311 e. The van der Waals surface area contributed by atoms with Gasteiger partial charge in [0.1, 0.15) is 0 Å². The minimum Gasteiger partial charge on any atom is -0.311 e. The van der Waals surface area contributed by atoms with Crippen molar-refractivity contribution in [2.24, 2.45) is 5.73 Å². The van der Waals surface area contributed by atoms with Crippen molar-refractivity contribution in [1.82, 2.24) is 10.2 Å². The summed E-state index contributed by atoms with van der Waals surface area (Å²) < 4.78 is 0. The predicted molar refractivity (Wildman–Crippen MR) is 56.0 cm³/mol. The number of hydrogen-bond acceptors (Lipinski definition) is 4. The molecule has 1 aromatic rings. The molecule has 80 valence electrons. The highest BCUT2D eigenvalue weighted by Crippen LogP contribution is 2.15. The molecule has 3 amide bonds. The molecule has 1 fully saturated rings. The summed E-state index contributed by atoms with van der Waals surface area (Å²) in [6, 6.07) is 3.44. The van der Waals surface area contributed by atoms with Crippen LogP contribution < -0.4 is 11.1 Å². The summed E-state index contributed by atoms with van der Waals surface area (Å²) in [5, 5.41) is 4.18. The van der Waals surface area contributed by atoms with Crippen LogP contribution in [0.25, 0.3) is 0 Å². The van der Waals surface area contributed by atoms with E-state index in [1.165, 1.54) is 4.90 Å². The van der Waals surface area contributed by atoms with E-state index in [4.69, 9.17) is 5.73 Å². The number of amides is 3. The number of thiophene rings is 1. The summed E-state index contributed by atoms with van der Waals surface area (Å²) in [6.45, 7) is 0.456. The number of nitrogens with two attached hydrogens (primary N) is 1. The van der Waals surface area contributed by atoms with Crippen molar-refractivity contribution in [1.29, 1.82) is 0 Å². The van der Waals surface area contributed by atoms with Crippen LogP contribution in [0, 0.1) is 0 Å². The van der Waals surface area contributed by atoms with Gasteiger partial charge in [-0.1, -0.05) is 6.07 Å². The number of imide groups is 1. The summed E-state index contributed by atoms with van der Waals surface area (Å²) in [5.74, 6) is -0.310. The topological polar surface area (TPSA) is 75.4 Å². The Labute approximate surface area is 90.9 Å². The Morgan fingerprint density at radius 2 is 2.40 bits per heavy atom. The van der Waals surface area contributed by atoms with Gasteiger partial charge in [-0.2, -0.15) is 0 Å². The summed E-state index contributed by atoms with van der Waals surface area (Å²) in [6.07, 6.45) is -0.356. The quantitative estimate of drug-likeness (QED) is 0.768. The molecule has 0 saturated carbocycles. The number of rotatable bonds is 2. The van der Waals surface area contributed by atoms with Gasteiger partial charge >= 0.3 is 6.03 Å². The van der Waals surface area contributed by atoms with Crippen molar-refractivity contribution in [2.45, 2.75) is 19.1 Å². The monoisotopic (exact) mass is 225 g/mol. The van der Waals surface area contributed by atoms with Gasteiger partial charge < -0.3 is 10.6 Å². The summed E-state index contributed by atoms with van der Waals surface area (Å²) in [5.41, 5.74) is 5.73. The largest absolute Gasteiger partial charge is 0.325 e. The number of hydrogen-bond donors (Lipinski definition) is 2. The first-order valence-electron chi connectivity index (χ1n) is 4.55.